The van der Waals surface area contributed by atoms with Crippen LogP contribution in [0.2, 0.25) is 0 Å². The third-order valence-corrected chi connectivity index (χ3v) is 4.70. The number of rotatable bonds is 1. The predicted molar refractivity (Wildman–Crippen MR) is 124 cm³/mol. The van der Waals surface area contributed by atoms with Crippen LogP contribution in [0.1, 0.15) is 93.9 Å². The van der Waals surface area contributed by atoms with Gasteiger partial charge in [0.1, 0.15) is 0 Å². The van der Waals surface area contributed by atoms with Crippen molar-refractivity contribution in [3.05, 3.63) is 12.3 Å². The molecule has 3 rings (SSSR count). The van der Waals surface area contributed by atoms with Crippen LogP contribution >= 0.6 is 0 Å². The molecule has 0 aromatic heterocycles. The fourth-order valence-electron chi connectivity index (χ4n) is 3.13. The molecule has 3 fully saturated rings. The molecule has 0 spiro atoms. The SMILES string of the molecule is C=C1CCN1C(C)(C)C.CC(C)C.CC(C)N1CCCC1=O.O=C1CCCCN1. The molecular weight excluding hydrogens is 362 g/mol. The fraction of sp³-hybridized carbons (Fsp3) is 0.833. The van der Waals surface area contributed by atoms with Gasteiger partial charge in [0.15, 0.2) is 0 Å². The van der Waals surface area contributed by atoms with Gasteiger partial charge in [-0.25, -0.2) is 0 Å². The van der Waals surface area contributed by atoms with Crippen molar-refractivity contribution in [1.82, 2.24) is 15.1 Å². The molecule has 3 aliphatic rings. The van der Waals surface area contributed by atoms with E-state index < -0.39 is 0 Å². The van der Waals surface area contributed by atoms with E-state index in [2.05, 4.69) is 72.2 Å². The quantitative estimate of drug-likeness (QED) is 0.665. The van der Waals surface area contributed by atoms with Gasteiger partial charge in [-0.05, 0) is 59.8 Å². The largest absolute Gasteiger partial charge is 0.370 e. The minimum Gasteiger partial charge on any atom is -0.370 e. The van der Waals surface area contributed by atoms with Gasteiger partial charge >= 0.3 is 0 Å². The number of hydrogen-bond donors (Lipinski definition) is 1. The second-order valence-corrected chi connectivity index (χ2v) is 9.96. The van der Waals surface area contributed by atoms with Crippen molar-refractivity contribution in [2.45, 2.75) is 105 Å². The van der Waals surface area contributed by atoms with Crippen molar-refractivity contribution in [2.75, 3.05) is 19.6 Å². The molecule has 0 aromatic carbocycles. The third-order valence-electron chi connectivity index (χ3n) is 4.70. The highest BCUT2D eigenvalue weighted by atomic mass is 16.2. The summed E-state index contributed by atoms with van der Waals surface area (Å²) in [6.45, 7) is 24.3. The summed E-state index contributed by atoms with van der Waals surface area (Å²) < 4.78 is 0. The van der Waals surface area contributed by atoms with E-state index in [0.717, 1.165) is 51.1 Å². The average molecular weight is 410 g/mol. The zero-order valence-electron chi connectivity index (χ0n) is 20.4. The zero-order valence-corrected chi connectivity index (χ0v) is 20.4. The van der Waals surface area contributed by atoms with Crippen LogP contribution < -0.4 is 5.32 Å². The summed E-state index contributed by atoms with van der Waals surface area (Å²) in [5.74, 6) is 1.37. The van der Waals surface area contributed by atoms with Gasteiger partial charge in [-0.15, -0.1) is 0 Å². The summed E-state index contributed by atoms with van der Waals surface area (Å²) in [5, 5.41) is 2.74. The van der Waals surface area contributed by atoms with Gasteiger partial charge in [-0.3, -0.25) is 9.59 Å². The Morgan fingerprint density at radius 1 is 0.897 bits per heavy atom. The molecule has 0 saturated carbocycles. The lowest BCUT2D eigenvalue weighted by Gasteiger charge is -2.46. The van der Waals surface area contributed by atoms with E-state index in [1.54, 1.807) is 0 Å². The lowest BCUT2D eigenvalue weighted by atomic mass is 9.98. The van der Waals surface area contributed by atoms with Gasteiger partial charge < -0.3 is 15.1 Å². The molecule has 1 N–H and O–H groups in total. The van der Waals surface area contributed by atoms with Crippen LogP contribution in [0.15, 0.2) is 12.3 Å². The van der Waals surface area contributed by atoms with Crippen molar-refractivity contribution in [3.63, 3.8) is 0 Å². The monoisotopic (exact) mass is 409 g/mol. The Labute approximate surface area is 180 Å². The Hall–Kier alpha value is -1.52. The van der Waals surface area contributed by atoms with Crippen molar-refractivity contribution in [3.8, 4) is 0 Å². The molecule has 3 aliphatic heterocycles. The third kappa shape index (κ3) is 12.6. The molecule has 0 bridgehead atoms. The second-order valence-electron chi connectivity index (χ2n) is 9.96. The molecule has 0 aliphatic carbocycles. The van der Waals surface area contributed by atoms with E-state index in [1.807, 2.05) is 4.90 Å². The Balaban J connectivity index is 0.000000375. The smallest absolute Gasteiger partial charge is 0.222 e. The first-order valence-electron chi connectivity index (χ1n) is 11.4. The van der Waals surface area contributed by atoms with E-state index in [9.17, 15) is 9.59 Å². The van der Waals surface area contributed by atoms with E-state index in [-0.39, 0.29) is 5.91 Å². The number of hydrogen-bond acceptors (Lipinski definition) is 3. The summed E-state index contributed by atoms with van der Waals surface area (Å²) >= 11 is 0. The first-order valence-corrected chi connectivity index (χ1v) is 11.4. The van der Waals surface area contributed by atoms with Crippen molar-refractivity contribution >= 4 is 11.8 Å². The van der Waals surface area contributed by atoms with Crippen LogP contribution in [-0.4, -0.2) is 52.8 Å². The van der Waals surface area contributed by atoms with E-state index in [0.29, 0.717) is 17.5 Å². The van der Waals surface area contributed by atoms with Crippen LogP contribution in [0.25, 0.3) is 0 Å². The van der Waals surface area contributed by atoms with Crippen LogP contribution in [0.5, 0.6) is 0 Å². The topological polar surface area (TPSA) is 52.7 Å². The maximum atomic E-state index is 10.9. The molecule has 3 saturated heterocycles. The van der Waals surface area contributed by atoms with Crippen LogP contribution in [0.3, 0.4) is 0 Å². The molecule has 3 heterocycles. The molecular formula is C24H47N3O2. The summed E-state index contributed by atoms with van der Waals surface area (Å²) in [7, 11) is 0. The van der Waals surface area contributed by atoms with Crippen LogP contribution in [0.4, 0.5) is 0 Å². The Morgan fingerprint density at radius 3 is 1.62 bits per heavy atom. The van der Waals surface area contributed by atoms with Gasteiger partial charge in [0.05, 0.1) is 0 Å². The highest BCUT2D eigenvalue weighted by molar-refractivity contribution is 5.78. The van der Waals surface area contributed by atoms with Gasteiger partial charge in [-0.1, -0.05) is 27.4 Å². The van der Waals surface area contributed by atoms with Gasteiger partial charge in [-0.2, -0.15) is 0 Å². The van der Waals surface area contributed by atoms with Gasteiger partial charge in [0, 0.05) is 56.2 Å². The minimum absolute atomic E-state index is 0.214. The highest BCUT2D eigenvalue weighted by Crippen LogP contribution is 2.28. The van der Waals surface area contributed by atoms with E-state index >= 15 is 0 Å². The maximum Gasteiger partial charge on any atom is 0.222 e. The number of carbonyl (C=O) groups excluding carboxylic acids is 2. The highest BCUT2D eigenvalue weighted by Gasteiger charge is 2.28. The van der Waals surface area contributed by atoms with Crippen LogP contribution in [0, 0.1) is 5.92 Å². The lowest BCUT2D eigenvalue weighted by molar-refractivity contribution is -0.129. The standard InChI is InChI=1S/C8H15N.C7H13NO.C5H9NO.C4H10/c1-7-5-6-9(7)8(2,3)4;1-6(2)8-5-3-4-7(8)9;7-5-3-1-2-4-6-5;1-4(2)3/h1,5-6H2,2-4H3;6H,3-5H2,1-2H3;1-4H2,(H,6,7);4H,1-3H3. The molecule has 2 amide bonds. The Morgan fingerprint density at radius 2 is 1.48 bits per heavy atom. The number of nitrogens with zero attached hydrogens (tertiary/aromatic N) is 2. The summed E-state index contributed by atoms with van der Waals surface area (Å²) in [4.78, 5) is 25.6. The molecule has 5 heteroatoms. The number of carbonyl (C=O) groups is 2. The van der Waals surface area contributed by atoms with Crippen molar-refractivity contribution in [1.29, 1.82) is 0 Å². The van der Waals surface area contributed by atoms with E-state index in [4.69, 9.17) is 0 Å². The van der Waals surface area contributed by atoms with Gasteiger partial charge in [0.2, 0.25) is 11.8 Å². The number of nitrogens with one attached hydrogen (secondary N) is 1. The molecule has 0 radical (unpaired) electrons. The number of likely N-dealkylation sites (tertiary alicyclic amines) is 2. The Kier molecular flexibility index (Phi) is 12.9. The van der Waals surface area contributed by atoms with Crippen molar-refractivity contribution in [2.24, 2.45) is 5.92 Å². The number of amides is 2. The molecule has 0 aromatic rings. The Bertz CT molecular complexity index is 496. The summed E-state index contributed by atoms with van der Waals surface area (Å²) in [6, 6.07) is 0.403. The first-order chi connectivity index (χ1) is 13.4. The molecule has 29 heavy (non-hydrogen) atoms. The lowest BCUT2D eigenvalue weighted by Crippen LogP contribution is -2.47. The minimum atomic E-state index is 0.214. The zero-order chi connectivity index (χ0) is 22.6. The van der Waals surface area contributed by atoms with Crippen molar-refractivity contribution < 1.29 is 9.59 Å². The summed E-state index contributed by atoms with van der Waals surface area (Å²) in [6.07, 6.45) is 5.98. The average Bonchev–Trinajstić information content (AvgIpc) is 2.99. The van der Waals surface area contributed by atoms with E-state index in [1.165, 1.54) is 18.7 Å². The molecule has 170 valence electrons. The summed E-state index contributed by atoms with van der Waals surface area (Å²) in [5.41, 5.74) is 1.59. The molecule has 0 unspecified atom stereocenters. The normalized spacial score (nSPS) is 18.8. The van der Waals surface area contributed by atoms with Crippen LogP contribution in [-0.2, 0) is 9.59 Å². The van der Waals surface area contributed by atoms with Gasteiger partial charge in [0.25, 0.3) is 0 Å². The maximum absolute atomic E-state index is 10.9. The first kappa shape index (κ1) is 27.5. The molecule has 0 atom stereocenters. The number of piperidine rings is 1. The molecule has 5 nitrogen and oxygen atoms in total. The predicted octanol–water partition coefficient (Wildman–Crippen LogP) is 4.97. The fourth-order valence-corrected chi connectivity index (χ4v) is 3.13. The second kappa shape index (κ2) is 13.7.